The van der Waals surface area contributed by atoms with Gasteiger partial charge in [0.25, 0.3) is 0 Å². The minimum absolute atomic E-state index is 0.0780. The monoisotopic (exact) mass is 372 g/mol. The number of hydrogen-bond donors (Lipinski definition) is 1. The van der Waals surface area contributed by atoms with Crippen molar-refractivity contribution in [2.24, 2.45) is 0 Å². The lowest BCUT2D eigenvalue weighted by atomic mass is 10.1. The van der Waals surface area contributed by atoms with E-state index < -0.39 is 5.97 Å². The van der Waals surface area contributed by atoms with Gasteiger partial charge in [0.05, 0.1) is 24.9 Å². The average Bonchev–Trinajstić information content (AvgIpc) is 2.95. The van der Waals surface area contributed by atoms with Gasteiger partial charge in [-0.25, -0.2) is 4.79 Å². The maximum absolute atomic E-state index is 12.7. The Kier molecular flexibility index (Phi) is 5.51. The summed E-state index contributed by atoms with van der Waals surface area (Å²) in [5.74, 6) is 0.962. The third-order valence-corrected chi connectivity index (χ3v) is 4.58. The maximum Gasteiger partial charge on any atom is 0.339 e. The molecule has 2 aromatic rings. The third-order valence-electron chi connectivity index (χ3n) is 4.58. The van der Waals surface area contributed by atoms with Crippen LogP contribution in [0, 0.1) is 13.8 Å². The van der Waals surface area contributed by atoms with E-state index >= 15 is 0 Å². The van der Waals surface area contributed by atoms with Gasteiger partial charge in [0.15, 0.2) is 17.3 Å². The van der Waals surface area contributed by atoms with Crippen LogP contribution in [0.5, 0.6) is 11.5 Å². The summed E-state index contributed by atoms with van der Waals surface area (Å²) in [6.45, 7) is 5.42. The Morgan fingerprint density at radius 2 is 1.89 bits per heavy atom. The molecular weight excluding hydrogens is 348 g/mol. The van der Waals surface area contributed by atoms with Crippen LogP contribution < -0.4 is 9.47 Å². The first-order valence-electron chi connectivity index (χ1n) is 8.78. The highest BCUT2D eigenvalue weighted by Gasteiger charge is 2.23. The molecule has 0 bridgehead atoms. The molecule has 1 aromatic carbocycles. The average molecular weight is 372 g/mol. The first-order chi connectivity index (χ1) is 12.9. The van der Waals surface area contributed by atoms with E-state index in [1.807, 2.05) is 30.1 Å². The minimum Gasteiger partial charge on any atom is -0.486 e. The van der Waals surface area contributed by atoms with Crippen LogP contribution in [0.2, 0.25) is 0 Å². The van der Waals surface area contributed by atoms with Gasteiger partial charge in [0.1, 0.15) is 13.2 Å². The molecule has 1 aliphatic rings. The predicted molar refractivity (Wildman–Crippen MR) is 99.7 cm³/mol. The van der Waals surface area contributed by atoms with Gasteiger partial charge >= 0.3 is 5.97 Å². The van der Waals surface area contributed by atoms with E-state index in [1.54, 1.807) is 13.8 Å². The van der Waals surface area contributed by atoms with Crippen LogP contribution in [0.25, 0.3) is 0 Å². The van der Waals surface area contributed by atoms with E-state index in [4.69, 9.17) is 14.2 Å². The van der Waals surface area contributed by atoms with Crippen molar-refractivity contribution in [1.29, 1.82) is 0 Å². The predicted octanol–water partition coefficient (Wildman–Crippen LogP) is 2.50. The summed E-state index contributed by atoms with van der Waals surface area (Å²) in [6.07, 6.45) is 0. The molecule has 144 valence electrons. The summed E-state index contributed by atoms with van der Waals surface area (Å²) in [6, 6.07) is 5.80. The molecule has 0 atom stereocenters. The van der Waals surface area contributed by atoms with Gasteiger partial charge in [-0.15, -0.1) is 0 Å². The number of esters is 1. The van der Waals surface area contributed by atoms with Crippen molar-refractivity contribution >= 4 is 11.8 Å². The second-order valence-electron chi connectivity index (χ2n) is 6.69. The number of benzene rings is 1. The van der Waals surface area contributed by atoms with E-state index in [-0.39, 0.29) is 12.3 Å². The van der Waals surface area contributed by atoms with Gasteiger partial charge in [0, 0.05) is 12.2 Å². The molecule has 2 heterocycles. The van der Waals surface area contributed by atoms with Gasteiger partial charge in [-0.2, -0.15) is 0 Å². The van der Waals surface area contributed by atoms with Crippen molar-refractivity contribution in [2.75, 3.05) is 33.9 Å². The summed E-state index contributed by atoms with van der Waals surface area (Å²) in [7, 11) is 3.21. The lowest BCUT2D eigenvalue weighted by molar-refractivity contribution is 0.0599. The molecule has 1 aromatic heterocycles. The van der Waals surface area contributed by atoms with Crippen LogP contribution in [0.1, 0.15) is 37.7 Å². The van der Waals surface area contributed by atoms with Crippen LogP contribution in [-0.4, -0.2) is 55.6 Å². The molecular formula is C20H24N2O5. The molecule has 27 heavy (non-hydrogen) atoms. The first-order valence-corrected chi connectivity index (χ1v) is 8.78. The smallest absolute Gasteiger partial charge is 0.339 e. The van der Waals surface area contributed by atoms with E-state index in [1.165, 1.54) is 7.11 Å². The topological polar surface area (TPSA) is 80.9 Å². The summed E-state index contributed by atoms with van der Waals surface area (Å²) in [4.78, 5) is 29.5. The van der Waals surface area contributed by atoms with Crippen LogP contribution in [0.3, 0.4) is 0 Å². The van der Waals surface area contributed by atoms with Gasteiger partial charge < -0.3 is 19.2 Å². The fraction of sp³-hybridized carbons (Fsp3) is 0.400. The molecule has 0 radical (unpaired) electrons. The molecule has 1 N–H and O–H groups in total. The number of likely N-dealkylation sites (N-methyl/N-ethyl adjacent to an activating group) is 1. The maximum atomic E-state index is 12.7. The standard InChI is InChI=1S/C20H24N2O5/c1-12-18(20(24)25-4)13(2)21-19(12)15(23)11-22(3)10-14-5-6-16-17(9-14)27-8-7-26-16/h5-6,9,21H,7-8,10-11H2,1-4H3. The Labute approximate surface area is 158 Å². The number of carbonyl (C=O) groups is 2. The lowest BCUT2D eigenvalue weighted by Gasteiger charge is -2.20. The Morgan fingerprint density at radius 1 is 1.19 bits per heavy atom. The molecule has 0 amide bonds. The fourth-order valence-electron chi connectivity index (χ4n) is 3.31. The molecule has 7 nitrogen and oxygen atoms in total. The minimum atomic E-state index is -0.440. The molecule has 1 aliphatic heterocycles. The molecule has 7 heteroatoms. The van der Waals surface area contributed by atoms with Gasteiger partial charge in [-0.3, -0.25) is 9.69 Å². The van der Waals surface area contributed by atoms with Crippen LogP contribution in [-0.2, 0) is 11.3 Å². The number of aryl methyl sites for hydroxylation is 1. The number of hydrogen-bond acceptors (Lipinski definition) is 6. The van der Waals surface area contributed by atoms with E-state index in [0.717, 1.165) is 17.1 Å². The van der Waals surface area contributed by atoms with E-state index in [0.29, 0.717) is 42.3 Å². The normalized spacial score (nSPS) is 12.9. The lowest BCUT2D eigenvalue weighted by Crippen LogP contribution is -2.26. The fourth-order valence-corrected chi connectivity index (χ4v) is 3.31. The number of carbonyl (C=O) groups excluding carboxylic acids is 2. The Bertz CT molecular complexity index is 871. The molecule has 0 unspecified atom stereocenters. The SMILES string of the molecule is COC(=O)c1c(C)[nH]c(C(=O)CN(C)Cc2ccc3c(c2)OCCO3)c1C. The van der Waals surface area contributed by atoms with Crippen molar-refractivity contribution in [3.63, 3.8) is 0 Å². The van der Waals surface area contributed by atoms with Crippen LogP contribution >= 0.6 is 0 Å². The van der Waals surface area contributed by atoms with Crippen molar-refractivity contribution in [3.8, 4) is 11.5 Å². The van der Waals surface area contributed by atoms with Crippen molar-refractivity contribution in [1.82, 2.24) is 9.88 Å². The molecule has 0 spiro atoms. The second-order valence-corrected chi connectivity index (χ2v) is 6.69. The summed E-state index contributed by atoms with van der Waals surface area (Å²) >= 11 is 0. The highest BCUT2D eigenvalue weighted by molar-refractivity contribution is 6.02. The quantitative estimate of drug-likeness (QED) is 0.620. The Morgan fingerprint density at radius 3 is 2.59 bits per heavy atom. The Hall–Kier alpha value is -2.80. The number of fused-ring (bicyclic) bond motifs is 1. The number of H-pyrrole nitrogens is 1. The van der Waals surface area contributed by atoms with Crippen molar-refractivity contribution < 1.29 is 23.8 Å². The largest absolute Gasteiger partial charge is 0.486 e. The van der Waals surface area contributed by atoms with Gasteiger partial charge in [-0.05, 0) is 44.2 Å². The van der Waals surface area contributed by atoms with Gasteiger partial charge in [0.2, 0.25) is 0 Å². The molecule has 3 rings (SSSR count). The summed E-state index contributed by atoms with van der Waals surface area (Å²) in [5, 5.41) is 0. The number of rotatable bonds is 6. The van der Waals surface area contributed by atoms with Gasteiger partial charge in [-0.1, -0.05) is 6.07 Å². The van der Waals surface area contributed by atoms with Crippen molar-refractivity contribution in [3.05, 3.63) is 46.3 Å². The number of ether oxygens (including phenoxy) is 3. The summed E-state index contributed by atoms with van der Waals surface area (Å²) < 4.78 is 15.9. The first kappa shape index (κ1) is 19.0. The highest BCUT2D eigenvalue weighted by Crippen LogP contribution is 2.31. The number of ketones is 1. The molecule has 0 saturated carbocycles. The van der Waals surface area contributed by atoms with Crippen molar-refractivity contribution in [2.45, 2.75) is 20.4 Å². The molecule has 0 aliphatic carbocycles. The number of aromatic nitrogens is 1. The Balaban J connectivity index is 1.68. The van der Waals surface area contributed by atoms with Crippen LogP contribution in [0.15, 0.2) is 18.2 Å². The molecule has 0 saturated heterocycles. The second kappa shape index (κ2) is 7.84. The number of nitrogens with one attached hydrogen (secondary N) is 1. The van der Waals surface area contributed by atoms with Crippen LogP contribution in [0.4, 0.5) is 0 Å². The van der Waals surface area contributed by atoms with E-state index in [9.17, 15) is 9.59 Å². The summed E-state index contributed by atoms with van der Waals surface area (Å²) in [5.41, 5.74) is 3.16. The number of aromatic amines is 1. The number of methoxy groups -OCH3 is 1. The number of Topliss-reactive ketones (excluding diaryl/α,β-unsaturated/α-hetero) is 1. The zero-order chi connectivity index (χ0) is 19.6. The zero-order valence-corrected chi connectivity index (χ0v) is 16.0. The number of nitrogens with zero attached hydrogens (tertiary/aromatic N) is 1. The van der Waals surface area contributed by atoms with E-state index in [2.05, 4.69) is 4.98 Å². The highest BCUT2D eigenvalue weighted by atomic mass is 16.6. The molecule has 0 fully saturated rings. The zero-order valence-electron chi connectivity index (χ0n) is 16.0. The third kappa shape index (κ3) is 3.98.